The smallest absolute Gasteiger partial charge is 0.410 e. The van der Waals surface area contributed by atoms with Crippen LogP contribution in [0, 0.1) is 0 Å². The summed E-state index contributed by atoms with van der Waals surface area (Å²) in [5.41, 5.74) is 0.486. The standard InChI is InChI=1S/C17H27ClN4O2/c1-11(2)13-9-14(20-21-15(13)18)19-12-7-6-8-22(10-12)16(23)24-17(3,4)5/h9,11-12H,6-8,10H2,1-5H3,(H,19,20)/t12-/m1/s1. The fraction of sp³-hybridized carbons (Fsp3) is 0.706. The first-order chi connectivity index (χ1) is 11.2. The maximum atomic E-state index is 12.2. The van der Waals surface area contributed by atoms with E-state index in [9.17, 15) is 4.79 Å². The van der Waals surface area contributed by atoms with E-state index in [1.165, 1.54) is 0 Å². The van der Waals surface area contributed by atoms with Crippen LogP contribution in [0.1, 0.15) is 58.9 Å². The molecule has 1 aliphatic rings. The molecule has 1 atom stereocenters. The highest BCUT2D eigenvalue weighted by atomic mass is 35.5. The van der Waals surface area contributed by atoms with Crippen LogP contribution in [0.5, 0.6) is 0 Å². The number of likely N-dealkylation sites (tertiary alicyclic amines) is 1. The third-order valence-electron chi connectivity index (χ3n) is 3.82. The van der Waals surface area contributed by atoms with Crippen LogP contribution in [-0.2, 0) is 4.74 Å². The Morgan fingerprint density at radius 3 is 2.75 bits per heavy atom. The van der Waals surface area contributed by atoms with Crippen molar-refractivity contribution in [2.45, 2.75) is 65.0 Å². The van der Waals surface area contributed by atoms with Gasteiger partial charge in [-0.1, -0.05) is 25.4 Å². The Labute approximate surface area is 148 Å². The lowest BCUT2D eigenvalue weighted by Gasteiger charge is -2.34. The third kappa shape index (κ3) is 5.23. The van der Waals surface area contributed by atoms with Crippen molar-refractivity contribution in [3.8, 4) is 0 Å². The van der Waals surface area contributed by atoms with Gasteiger partial charge in [0.05, 0.1) is 0 Å². The van der Waals surface area contributed by atoms with Crippen molar-refractivity contribution < 1.29 is 9.53 Å². The normalized spacial score (nSPS) is 18.6. The van der Waals surface area contributed by atoms with Crippen LogP contribution in [0.2, 0.25) is 5.15 Å². The van der Waals surface area contributed by atoms with Gasteiger partial charge >= 0.3 is 6.09 Å². The Bertz CT molecular complexity index is 586. The minimum Gasteiger partial charge on any atom is -0.444 e. The number of halogens is 1. The molecule has 1 aromatic heterocycles. The van der Waals surface area contributed by atoms with Crippen molar-refractivity contribution in [2.24, 2.45) is 0 Å². The molecule has 24 heavy (non-hydrogen) atoms. The van der Waals surface area contributed by atoms with E-state index < -0.39 is 5.60 Å². The highest BCUT2D eigenvalue weighted by Gasteiger charge is 2.27. The summed E-state index contributed by atoms with van der Waals surface area (Å²) in [5, 5.41) is 11.9. The van der Waals surface area contributed by atoms with Gasteiger partial charge in [-0.05, 0) is 51.2 Å². The number of anilines is 1. The van der Waals surface area contributed by atoms with Gasteiger partial charge in [-0.3, -0.25) is 0 Å². The highest BCUT2D eigenvalue weighted by Crippen LogP contribution is 2.24. The van der Waals surface area contributed by atoms with E-state index in [0.29, 0.717) is 17.5 Å². The first-order valence-corrected chi connectivity index (χ1v) is 8.81. The van der Waals surface area contributed by atoms with E-state index in [4.69, 9.17) is 16.3 Å². The van der Waals surface area contributed by atoms with Crippen molar-refractivity contribution in [3.63, 3.8) is 0 Å². The van der Waals surface area contributed by atoms with Crippen LogP contribution >= 0.6 is 11.6 Å². The summed E-state index contributed by atoms with van der Waals surface area (Å²) in [5.74, 6) is 0.970. The highest BCUT2D eigenvalue weighted by molar-refractivity contribution is 6.30. The largest absolute Gasteiger partial charge is 0.444 e. The first-order valence-electron chi connectivity index (χ1n) is 8.43. The van der Waals surface area contributed by atoms with Gasteiger partial charge in [0.1, 0.15) is 11.4 Å². The van der Waals surface area contributed by atoms with Crippen molar-refractivity contribution in [1.29, 1.82) is 0 Å². The molecule has 2 rings (SSSR count). The number of carbonyl (C=O) groups excluding carboxylic acids is 1. The summed E-state index contributed by atoms with van der Waals surface area (Å²) >= 11 is 6.09. The van der Waals surface area contributed by atoms with Crippen molar-refractivity contribution in [3.05, 3.63) is 16.8 Å². The summed E-state index contributed by atoms with van der Waals surface area (Å²) < 4.78 is 5.46. The predicted octanol–water partition coefficient (Wildman–Crippen LogP) is 4.06. The van der Waals surface area contributed by atoms with E-state index in [-0.39, 0.29) is 18.1 Å². The molecule has 7 heteroatoms. The van der Waals surface area contributed by atoms with Gasteiger partial charge in [0.2, 0.25) is 0 Å². The number of hydrogen-bond donors (Lipinski definition) is 1. The molecule has 0 spiro atoms. The first kappa shape index (κ1) is 18.8. The molecule has 0 unspecified atom stereocenters. The zero-order chi connectivity index (χ0) is 17.9. The average Bonchev–Trinajstić information content (AvgIpc) is 2.47. The van der Waals surface area contributed by atoms with Gasteiger partial charge in [-0.15, -0.1) is 10.2 Å². The van der Waals surface area contributed by atoms with Gasteiger partial charge in [-0.2, -0.15) is 0 Å². The molecule has 1 fully saturated rings. The summed E-state index contributed by atoms with van der Waals surface area (Å²) in [6.07, 6.45) is 1.63. The number of carbonyl (C=O) groups is 1. The van der Waals surface area contributed by atoms with Gasteiger partial charge in [0, 0.05) is 19.1 Å². The number of amides is 1. The summed E-state index contributed by atoms with van der Waals surface area (Å²) in [6, 6.07) is 2.06. The van der Waals surface area contributed by atoms with Crippen LogP contribution in [0.15, 0.2) is 6.07 Å². The second-order valence-corrected chi connectivity index (χ2v) is 7.90. The lowest BCUT2D eigenvalue weighted by molar-refractivity contribution is 0.0206. The topological polar surface area (TPSA) is 67.4 Å². The van der Waals surface area contributed by atoms with Crippen molar-refractivity contribution in [1.82, 2.24) is 15.1 Å². The number of aromatic nitrogens is 2. The molecule has 0 aromatic carbocycles. The maximum absolute atomic E-state index is 12.2. The van der Waals surface area contributed by atoms with Crippen LogP contribution in [0.25, 0.3) is 0 Å². The number of piperidine rings is 1. The van der Waals surface area contributed by atoms with Crippen molar-refractivity contribution in [2.75, 3.05) is 18.4 Å². The predicted molar refractivity (Wildman–Crippen MR) is 95.6 cm³/mol. The van der Waals surface area contributed by atoms with Gasteiger partial charge in [0.25, 0.3) is 0 Å². The van der Waals surface area contributed by atoms with Crippen LogP contribution < -0.4 is 5.32 Å². The van der Waals surface area contributed by atoms with Crippen LogP contribution in [0.4, 0.5) is 10.6 Å². The molecular formula is C17H27ClN4O2. The van der Waals surface area contributed by atoms with E-state index >= 15 is 0 Å². The number of hydrogen-bond acceptors (Lipinski definition) is 5. The van der Waals surface area contributed by atoms with E-state index in [0.717, 1.165) is 24.9 Å². The number of nitrogens with one attached hydrogen (secondary N) is 1. The summed E-state index contributed by atoms with van der Waals surface area (Å²) in [7, 11) is 0. The zero-order valence-electron chi connectivity index (χ0n) is 15.1. The van der Waals surface area contributed by atoms with E-state index in [1.54, 1.807) is 4.90 Å². The Morgan fingerprint density at radius 1 is 1.42 bits per heavy atom. The number of ether oxygens (including phenoxy) is 1. The number of rotatable bonds is 3. The fourth-order valence-corrected chi connectivity index (χ4v) is 2.97. The minimum absolute atomic E-state index is 0.127. The Kier molecular flexibility index (Phi) is 5.91. The number of nitrogens with zero attached hydrogens (tertiary/aromatic N) is 3. The van der Waals surface area contributed by atoms with E-state index in [2.05, 4.69) is 29.4 Å². The molecule has 0 radical (unpaired) electrons. The molecule has 2 heterocycles. The molecule has 134 valence electrons. The van der Waals surface area contributed by atoms with Gasteiger partial charge < -0.3 is 15.0 Å². The second kappa shape index (κ2) is 7.55. The van der Waals surface area contributed by atoms with E-state index in [1.807, 2.05) is 26.8 Å². The summed E-state index contributed by atoms with van der Waals surface area (Å²) in [4.78, 5) is 14.0. The van der Waals surface area contributed by atoms with Crippen LogP contribution in [0.3, 0.4) is 0 Å². The fourth-order valence-electron chi connectivity index (χ4n) is 2.66. The zero-order valence-corrected chi connectivity index (χ0v) is 15.9. The second-order valence-electron chi connectivity index (χ2n) is 7.54. The molecule has 1 amide bonds. The minimum atomic E-state index is -0.481. The molecule has 1 N–H and O–H groups in total. The van der Waals surface area contributed by atoms with Crippen molar-refractivity contribution >= 4 is 23.5 Å². The summed E-state index contributed by atoms with van der Waals surface area (Å²) in [6.45, 7) is 11.1. The van der Waals surface area contributed by atoms with Crippen LogP contribution in [-0.4, -0.2) is 45.9 Å². The molecule has 0 saturated carbocycles. The lowest BCUT2D eigenvalue weighted by atomic mass is 10.0. The molecule has 1 aromatic rings. The molecule has 0 bridgehead atoms. The SMILES string of the molecule is CC(C)c1cc(N[C@@H]2CCCN(C(=O)OC(C)(C)C)C2)nnc1Cl. The Hall–Kier alpha value is -1.56. The monoisotopic (exact) mass is 354 g/mol. The molecule has 1 aliphatic heterocycles. The Morgan fingerprint density at radius 2 is 2.12 bits per heavy atom. The molecule has 1 saturated heterocycles. The lowest BCUT2D eigenvalue weighted by Crippen LogP contribution is -2.47. The van der Waals surface area contributed by atoms with Gasteiger partial charge in [0.15, 0.2) is 5.15 Å². The third-order valence-corrected chi connectivity index (χ3v) is 4.12. The van der Waals surface area contributed by atoms with Gasteiger partial charge in [-0.25, -0.2) is 4.79 Å². The Balaban J connectivity index is 2.00. The molecule has 0 aliphatic carbocycles. The maximum Gasteiger partial charge on any atom is 0.410 e. The molecule has 6 nitrogen and oxygen atoms in total. The molecular weight excluding hydrogens is 328 g/mol. The average molecular weight is 355 g/mol. The quantitative estimate of drug-likeness (QED) is 0.886.